The number of hydrogen-bond acceptors (Lipinski definition) is 0. The third kappa shape index (κ3) is 3.71. The molecule has 55 heavy (non-hydrogen) atoms. The van der Waals surface area contributed by atoms with Crippen LogP contribution in [0.4, 0.5) is 0 Å². The molecule has 0 aliphatic heterocycles. The molecule has 0 unspecified atom stereocenters. The molecular weight excluding hydrogens is 661 g/mol. The van der Waals surface area contributed by atoms with Crippen LogP contribution in [0.25, 0.3) is 132 Å². The van der Waals surface area contributed by atoms with Gasteiger partial charge in [0.25, 0.3) is 0 Å². The van der Waals surface area contributed by atoms with Gasteiger partial charge in [0.15, 0.2) is 0 Å². The molecular formula is C55H32. The molecule has 0 heterocycles. The molecule has 2 aliphatic rings. The van der Waals surface area contributed by atoms with E-state index in [0.29, 0.717) is 0 Å². The van der Waals surface area contributed by atoms with E-state index in [4.69, 9.17) is 0 Å². The molecule has 0 atom stereocenters. The van der Waals surface area contributed by atoms with E-state index in [1.54, 1.807) is 0 Å². The molecule has 11 aromatic carbocycles. The fraction of sp³-hybridized carbons (Fsp3) is 0.0182. The average molecular weight is 693 g/mol. The lowest BCUT2D eigenvalue weighted by atomic mass is 9.81. The van der Waals surface area contributed by atoms with E-state index in [2.05, 4.69) is 183 Å². The van der Waals surface area contributed by atoms with Crippen molar-refractivity contribution in [2.24, 2.45) is 0 Å². The van der Waals surface area contributed by atoms with E-state index in [1.807, 2.05) is 0 Å². The molecule has 0 radical (unpaired) electrons. The van der Waals surface area contributed by atoms with Crippen molar-refractivity contribution in [3.63, 3.8) is 0 Å². The number of benzene rings is 11. The fourth-order valence-electron chi connectivity index (χ4n) is 10.6. The Hall–Kier alpha value is -7.02. The quantitative estimate of drug-likeness (QED) is 0.128. The van der Waals surface area contributed by atoms with Crippen LogP contribution >= 0.6 is 0 Å². The summed E-state index contributed by atoms with van der Waals surface area (Å²) in [4.78, 5) is 0. The minimum Gasteiger partial charge on any atom is -0.0622 e. The Labute approximate surface area is 318 Å². The van der Waals surface area contributed by atoms with Crippen molar-refractivity contribution in [3.05, 3.63) is 181 Å². The minimum atomic E-state index is 1.23. The molecule has 0 saturated carbocycles. The second kappa shape index (κ2) is 10.6. The third-order valence-electron chi connectivity index (χ3n) is 12.8. The van der Waals surface area contributed by atoms with Crippen LogP contribution in [-0.4, -0.2) is 0 Å². The van der Waals surface area contributed by atoms with E-state index in [-0.39, 0.29) is 0 Å². The van der Waals surface area contributed by atoms with Gasteiger partial charge in [-0.25, -0.2) is 0 Å². The maximum Gasteiger partial charge on any atom is -0.000718 e. The molecule has 0 aromatic heterocycles. The molecule has 252 valence electrons. The van der Waals surface area contributed by atoms with Crippen molar-refractivity contribution < 1.29 is 0 Å². The molecule has 0 amide bonds. The van der Waals surface area contributed by atoms with Gasteiger partial charge in [-0.15, -0.1) is 0 Å². The third-order valence-corrected chi connectivity index (χ3v) is 12.8. The summed E-state index contributed by atoms with van der Waals surface area (Å²) in [5, 5.41) is 13.5. The molecule has 13 rings (SSSR count). The van der Waals surface area contributed by atoms with Gasteiger partial charge in [0.05, 0.1) is 0 Å². The highest BCUT2D eigenvalue weighted by molar-refractivity contribution is 6.41. The van der Waals surface area contributed by atoms with Crippen LogP contribution in [0.15, 0.2) is 176 Å². The normalized spacial score (nSPS) is 12.5. The monoisotopic (exact) mass is 692 g/mol. The Balaban J connectivity index is 1.21. The van der Waals surface area contributed by atoms with Gasteiger partial charge in [-0.05, 0) is 139 Å². The van der Waals surface area contributed by atoms with E-state index in [0.717, 1.165) is 0 Å². The van der Waals surface area contributed by atoms with Crippen LogP contribution in [0.3, 0.4) is 0 Å². The zero-order chi connectivity index (χ0) is 35.9. The standard InChI is InChI=1S/C55H32/c1-31-19-21-33(22-20-31)48-38-17-9-10-18-39(38)52(37-16-8-5-13-34(37)32-11-3-2-4-12-32)55-47-30-28-45-43-26-24-41-36-15-7-6-14-35(36)40-23-25-42(50(43)49(40)41)44-27-29-46(54(48)55)53(47)51(44)45/h2-30H,1H3. The Kier molecular flexibility index (Phi) is 5.65. The first kappa shape index (κ1) is 29.4. The first-order chi connectivity index (χ1) is 27.2. The van der Waals surface area contributed by atoms with Crippen molar-refractivity contribution >= 4 is 53.9 Å². The van der Waals surface area contributed by atoms with E-state index < -0.39 is 0 Å². The first-order valence-corrected chi connectivity index (χ1v) is 19.4. The number of hydrogen-bond donors (Lipinski definition) is 0. The number of rotatable bonds is 3. The van der Waals surface area contributed by atoms with Crippen LogP contribution < -0.4 is 0 Å². The summed E-state index contributed by atoms with van der Waals surface area (Å²) < 4.78 is 0. The van der Waals surface area contributed by atoms with Crippen molar-refractivity contribution in [1.29, 1.82) is 0 Å². The Morgan fingerprint density at radius 3 is 1.24 bits per heavy atom. The van der Waals surface area contributed by atoms with Gasteiger partial charge >= 0.3 is 0 Å². The summed E-state index contributed by atoms with van der Waals surface area (Å²) >= 11 is 0. The predicted molar refractivity (Wildman–Crippen MR) is 235 cm³/mol. The van der Waals surface area contributed by atoms with Crippen molar-refractivity contribution in [1.82, 2.24) is 0 Å². The van der Waals surface area contributed by atoms with E-state index in [9.17, 15) is 0 Å². The fourth-order valence-corrected chi connectivity index (χ4v) is 10.6. The lowest BCUT2D eigenvalue weighted by molar-refractivity contribution is 1.47. The van der Waals surface area contributed by atoms with Gasteiger partial charge in [-0.2, -0.15) is 0 Å². The zero-order valence-corrected chi connectivity index (χ0v) is 30.2. The molecule has 0 spiro atoms. The summed E-state index contributed by atoms with van der Waals surface area (Å²) in [6.07, 6.45) is 0. The van der Waals surface area contributed by atoms with Gasteiger partial charge in [0, 0.05) is 0 Å². The summed E-state index contributed by atoms with van der Waals surface area (Å²) in [5.41, 5.74) is 19.6. The maximum atomic E-state index is 2.45. The van der Waals surface area contributed by atoms with Crippen LogP contribution in [0.5, 0.6) is 0 Å². The van der Waals surface area contributed by atoms with Gasteiger partial charge in [0.2, 0.25) is 0 Å². The molecule has 2 aliphatic carbocycles. The lowest BCUT2D eigenvalue weighted by Crippen LogP contribution is -1.95. The Bertz CT molecular complexity index is 3380. The van der Waals surface area contributed by atoms with Gasteiger partial charge in [-0.1, -0.05) is 181 Å². The number of fused-ring (bicyclic) bond motifs is 9. The summed E-state index contributed by atoms with van der Waals surface area (Å²) in [6, 6.07) is 66.4. The molecule has 0 saturated heterocycles. The highest BCUT2D eigenvalue weighted by atomic mass is 14.4. The van der Waals surface area contributed by atoms with Crippen molar-refractivity contribution in [3.8, 4) is 77.9 Å². The minimum absolute atomic E-state index is 1.23. The first-order valence-electron chi connectivity index (χ1n) is 19.4. The SMILES string of the molecule is Cc1ccc(-c2c3c(c(-c4ccccc4-c4ccccc4)c4ccccc24)-c2ccc4c5ccc6c7c(ccc(c8ccc-3c2c84)c75)-c2ccccc2-6)cc1. The zero-order valence-electron chi connectivity index (χ0n) is 30.2. The Morgan fingerprint density at radius 1 is 0.218 bits per heavy atom. The molecule has 11 aromatic rings. The largest absolute Gasteiger partial charge is 0.0622 e. The van der Waals surface area contributed by atoms with Gasteiger partial charge in [-0.3, -0.25) is 0 Å². The summed E-state index contributed by atoms with van der Waals surface area (Å²) in [7, 11) is 0. The maximum absolute atomic E-state index is 2.45. The Morgan fingerprint density at radius 2 is 0.655 bits per heavy atom. The molecule has 0 heteroatoms. The van der Waals surface area contributed by atoms with Crippen molar-refractivity contribution in [2.45, 2.75) is 6.92 Å². The lowest BCUT2D eigenvalue weighted by Gasteiger charge is -2.22. The van der Waals surface area contributed by atoms with Crippen LogP contribution in [-0.2, 0) is 0 Å². The van der Waals surface area contributed by atoms with Crippen LogP contribution in [0, 0.1) is 6.92 Å². The van der Waals surface area contributed by atoms with Crippen molar-refractivity contribution in [2.75, 3.05) is 0 Å². The predicted octanol–water partition coefficient (Wildman–Crippen LogP) is 15.5. The summed E-state index contributed by atoms with van der Waals surface area (Å²) in [6.45, 7) is 2.18. The number of aryl methyl sites for hydroxylation is 1. The average Bonchev–Trinajstić information content (AvgIpc) is 3.76. The summed E-state index contributed by atoms with van der Waals surface area (Å²) in [5.74, 6) is 0. The van der Waals surface area contributed by atoms with E-state index >= 15 is 0 Å². The van der Waals surface area contributed by atoms with Crippen LogP contribution in [0.1, 0.15) is 5.56 Å². The highest BCUT2D eigenvalue weighted by Crippen LogP contribution is 2.61. The van der Waals surface area contributed by atoms with Crippen LogP contribution in [0.2, 0.25) is 0 Å². The molecule has 0 nitrogen and oxygen atoms in total. The topological polar surface area (TPSA) is 0 Å². The molecule has 0 fully saturated rings. The second-order valence-corrected chi connectivity index (χ2v) is 15.5. The smallest absolute Gasteiger partial charge is 0.000718 e. The van der Waals surface area contributed by atoms with Gasteiger partial charge < -0.3 is 0 Å². The van der Waals surface area contributed by atoms with E-state index in [1.165, 1.54) is 137 Å². The second-order valence-electron chi connectivity index (χ2n) is 15.5. The highest BCUT2D eigenvalue weighted by Gasteiger charge is 2.33. The van der Waals surface area contributed by atoms with Gasteiger partial charge in [0.1, 0.15) is 0 Å². The molecule has 0 N–H and O–H groups in total. The molecule has 0 bridgehead atoms.